The van der Waals surface area contributed by atoms with E-state index in [1.54, 1.807) is 12.1 Å². The third kappa shape index (κ3) is 3.27. The Labute approximate surface area is 118 Å². The Kier molecular flexibility index (Phi) is 3.93. The molecule has 0 saturated carbocycles. The number of hydrogen-bond donors (Lipinski definition) is 1. The smallest absolute Gasteiger partial charge is 0.256 e. The summed E-state index contributed by atoms with van der Waals surface area (Å²) >= 11 is 9.07. The number of aryl methyl sites for hydroxylation is 1. The zero-order chi connectivity index (χ0) is 13.1. The van der Waals surface area contributed by atoms with E-state index in [9.17, 15) is 4.79 Å². The van der Waals surface area contributed by atoms with Gasteiger partial charge in [-0.3, -0.25) is 4.79 Å². The third-order valence-electron chi connectivity index (χ3n) is 2.18. The highest BCUT2D eigenvalue weighted by atomic mass is 79.9. The molecule has 6 heteroatoms. The molecule has 0 aliphatic heterocycles. The summed E-state index contributed by atoms with van der Waals surface area (Å²) in [5, 5.41) is 2.94. The van der Waals surface area contributed by atoms with Crippen LogP contribution in [0.5, 0.6) is 0 Å². The number of halogens is 2. The van der Waals surface area contributed by atoms with Crippen LogP contribution in [0.15, 0.2) is 35.1 Å². The van der Waals surface area contributed by atoms with Crippen molar-refractivity contribution in [2.45, 2.75) is 6.92 Å². The fourth-order valence-corrected chi connectivity index (χ4v) is 2.21. The van der Waals surface area contributed by atoms with Crippen LogP contribution in [0, 0.1) is 6.92 Å². The minimum atomic E-state index is -0.242. The summed E-state index contributed by atoms with van der Waals surface area (Å²) in [6, 6.07) is 6.96. The molecule has 1 N–H and O–H groups in total. The molecular formula is C12H9BrClN3O. The molecule has 1 amide bonds. The Hall–Kier alpha value is -1.46. The van der Waals surface area contributed by atoms with Crippen molar-refractivity contribution in [3.8, 4) is 0 Å². The van der Waals surface area contributed by atoms with Crippen LogP contribution >= 0.6 is 27.5 Å². The second kappa shape index (κ2) is 5.46. The SMILES string of the molecule is Cc1cc(Br)cc(C(=O)Nc2cc(Cl)ncn2)c1. The summed E-state index contributed by atoms with van der Waals surface area (Å²) < 4.78 is 0.855. The summed E-state index contributed by atoms with van der Waals surface area (Å²) in [4.78, 5) is 19.6. The highest BCUT2D eigenvalue weighted by Crippen LogP contribution is 2.17. The van der Waals surface area contributed by atoms with Crippen molar-refractivity contribution in [2.75, 3.05) is 5.32 Å². The molecule has 0 saturated heterocycles. The molecule has 0 radical (unpaired) electrons. The standard InChI is InChI=1S/C12H9BrClN3O/c1-7-2-8(4-9(13)3-7)12(18)17-11-5-10(14)15-6-16-11/h2-6H,1H3,(H,15,16,17,18). The van der Waals surface area contributed by atoms with Crippen molar-refractivity contribution in [3.05, 3.63) is 51.3 Å². The maximum Gasteiger partial charge on any atom is 0.256 e. The number of benzene rings is 1. The van der Waals surface area contributed by atoms with Gasteiger partial charge in [0, 0.05) is 16.1 Å². The van der Waals surface area contributed by atoms with Gasteiger partial charge >= 0.3 is 0 Å². The Morgan fingerprint density at radius 3 is 2.72 bits per heavy atom. The molecule has 0 aliphatic carbocycles. The number of amides is 1. The molecule has 1 heterocycles. The molecule has 2 aromatic rings. The lowest BCUT2D eigenvalue weighted by molar-refractivity contribution is 0.102. The minimum Gasteiger partial charge on any atom is -0.306 e. The molecule has 4 nitrogen and oxygen atoms in total. The fraction of sp³-hybridized carbons (Fsp3) is 0.0833. The van der Waals surface area contributed by atoms with E-state index < -0.39 is 0 Å². The molecule has 0 spiro atoms. The predicted octanol–water partition coefficient (Wildman–Crippen LogP) is 3.45. The second-order valence-electron chi connectivity index (χ2n) is 3.70. The first-order chi connectivity index (χ1) is 8.54. The summed E-state index contributed by atoms with van der Waals surface area (Å²) in [5.74, 6) is 0.131. The zero-order valence-corrected chi connectivity index (χ0v) is 11.8. The summed E-state index contributed by atoms with van der Waals surface area (Å²) in [5.41, 5.74) is 1.55. The van der Waals surface area contributed by atoms with E-state index in [4.69, 9.17) is 11.6 Å². The molecule has 0 bridgehead atoms. The number of nitrogens with zero attached hydrogens (tertiary/aromatic N) is 2. The van der Waals surface area contributed by atoms with Gasteiger partial charge < -0.3 is 5.32 Å². The number of aromatic nitrogens is 2. The molecule has 18 heavy (non-hydrogen) atoms. The predicted molar refractivity (Wildman–Crippen MR) is 73.9 cm³/mol. The first-order valence-corrected chi connectivity index (χ1v) is 6.28. The van der Waals surface area contributed by atoms with Crippen molar-refractivity contribution in [3.63, 3.8) is 0 Å². The van der Waals surface area contributed by atoms with Gasteiger partial charge in [-0.15, -0.1) is 0 Å². The summed E-state index contributed by atoms with van der Waals surface area (Å²) in [6.45, 7) is 1.92. The van der Waals surface area contributed by atoms with Crippen LogP contribution in [0.2, 0.25) is 5.15 Å². The average molecular weight is 327 g/mol. The van der Waals surface area contributed by atoms with Crippen molar-refractivity contribution in [2.24, 2.45) is 0 Å². The fourth-order valence-electron chi connectivity index (χ4n) is 1.46. The Morgan fingerprint density at radius 2 is 2.06 bits per heavy atom. The molecule has 0 fully saturated rings. The molecule has 2 rings (SSSR count). The Balaban J connectivity index is 2.22. The molecular weight excluding hydrogens is 318 g/mol. The number of carbonyl (C=O) groups excluding carboxylic acids is 1. The number of rotatable bonds is 2. The van der Waals surface area contributed by atoms with Crippen LogP contribution in [-0.4, -0.2) is 15.9 Å². The van der Waals surface area contributed by atoms with E-state index in [2.05, 4.69) is 31.2 Å². The maximum absolute atomic E-state index is 12.0. The van der Waals surface area contributed by atoms with Crippen LogP contribution in [0.4, 0.5) is 5.82 Å². The number of carbonyl (C=O) groups is 1. The summed E-state index contributed by atoms with van der Waals surface area (Å²) in [6.07, 6.45) is 1.30. The lowest BCUT2D eigenvalue weighted by Gasteiger charge is -2.05. The Morgan fingerprint density at radius 1 is 1.28 bits per heavy atom. The van der Waals surface area contributed by atoms with Crippen LogP contribution in [0.25, 0.3) is 0 Å². The van der Waals surface area contributed by atoms with Gasteiger partial charge in [0.1, 0.15) is 17.3 Å². The van der Waals surface area contributed by atoms with Crippen LogP contribution in [0.3, 0.4) is 0 Å². The van der Waals surface area contributed by atoms with Gasteiger partial charge in [0.25, 0.3) is 5.91 Å². The normalized spacial score (nSPS) is 10.2. The largest absolute Gasteiger partial charge is 0.306 e. The molecule has 0 atom stereocenters. The monoisotopic (exact) mass is 325 g/mol. The highest BCUT2D eigenvalue weighted by molar-refractivity contribution is 9.10. The lowest BCUT2D eigenvalue weighted by Crippen LogP contribution is -2.13. The minimum absolute atomic E-state index is 0.242. The average Bonchev–Trinajstić information content (AvgIpc) is 2.27. The van der Waals surface area contributed by atoms with E-state index >= 15 is 0 Å². The first kappa shape index (κ1) is 13.0. The zero-order valence-electron chi connectivity index (χ0n) is 9.45. The van der Waals surface area contributed by atoms with Gasteiger partial charge in [-0.05, 0) is 30.7 Å². The number of nitrogens with one attached hydrogen (secondary N) is 1. The Bertz CT molecular complexity index is 583. The quantitative estimate of drug-likeness (QED) is 0.860. The maximum atomic E-state index is 12.0. The molecule has 1 aromatic heterocycles. The van der Waals surface area contributed by atoms with Gasteiger partial charge in [0.15, 0.2) is 0 Å². The number of hydrogen-bond acceptors (Lipinski definition) is 3. The van der Waals surface area contributed by atoms with Crippen molar-refractivity contribution < 1.29 is 4.79 Å². The van der Waals surface area contributed by atoms with Crippen LogP contribution < -0.4 is 5.32 Å². The van der Waals surface area contributed by atoms with Crippen LogP contribution in [-0.2, 0) is 0 Å². The second-order valence-corrected chi connectivity index (χ2v) is 5.00. The van der Waals surface area contributed by atoms with E-state index in [0.29, 0.717) is 11.4 Å². The van der Waals surface area contributed by atoms with E-state index in [0.717, 1.165) is 10.0 Å². The van der Waals surface area contributed by atoms with E-state index in [-0.39, 0.29) is 11.1 Å². The van der Waals surface area contributed by atoms with Gasteiger partial charge in [-0.25, -0.2) is 9.97 Å². The van der Waals surface area contributed by atoms with Gasteiger partial charge in [-0.1, -0.05) is 27.5 Å². The van der Waals surface area contributed by atoms with Crippen molar-refractivity contribution in [1.82, 2.24) is 9.97 Å². The summed E-state index contributed by atoms with van der Waals surface area (Å²) in [7, 11) is 0. The number of anilines is 1. The molecule has 92 valence electrons. The van der Waals surface area contributed by atoms with E-state index in [1.807, 2.05) is 13.0 Å². The van der Waals surface area contributed by atoms with Gasteiger partial charge in [-0.2, -0.15) is 0 Å². The molecule has 1 aromatic carbocycles. The lowest BCUT2D eigenvalue weighted by atomic mass is 10.1. The topological polar surface area (TPSA) is 54.9 Å². The molecule has 0 unspecified atom stereocenters. The first-order valence-electron chi connectivity index (χ1n) is 5.11. The highest BCUT2D eigenvalue weighted by Gasteiger charge is 2.08. The van der Waals surface area contributed by atoms with E-state index in [1.165, 1.54) is 12.4 Å². The van der Waals surface area contributed by atoms with Crippen molar-refractivity contribution in [1.29, 1.82) is 0 Å². The van der Waals surface area contributed by atoms with Crippen molar-refractivity contribution >= 4 is 39.3 Å². The molecule has 0 aliphatic rings. The van der Waals surface area contributed by atoms with Gasteiger partial charge in [0.2, 0.25) is 0 Å². The van der Waals surface area contributed by atoms with Crippen LogP contribution in [0.1, 0.15) is 15.9 Å². The third-order valence-corrected chi connectivity index (χ3v) is 2.84. The van der Waals surface area contributed by atoms with Gasteiger partial charge in [0.05, 0.1) is 0 Å².